The summed E-state index contributed by atoms with van der Waals surface area (Å²) in [7, 11) is 3.93. The van der Waals surface area contributed by atoms with Crippen molar-refractivity contribution in [3.8, 4) is 0 Å². The minimum absolute atomic E-state index is 0.208. The van der Waals surface area contributed by atoms with Crippen LogP contribution in [0.5, 0.6) is 0 Å². The van der Waals surface area contributed by atoms with Crippen molar-refractivity contribution in [3.05, 3.63) is 65.2 Å². The number of nitrogens with zero attached hydrogens (tertiary/aromatic N) is 2. The van der Waals surface area contributed by atoms with Gasteiger partial charge in [-0.3, -0.25) is 4.79 Å². The number of anilines is 1. The Morgan fingerprint density at radius 1 is 1.00 bits per heavy atom. The second-order valence-corrected chi connectivity index (χ2v) is 5.63. The second kappa shape index (κ2) is 7.58. The van der Waals surface area contributed by atoms with Gasteiger partial charge in [-0.15, -0.1) is 0 Å². The van der Waals surface area contributed by atoms with Gasteiger partial charge in [-0.1, -0.05) is 31.2 Å². The molecule has 1 N–H and O–H groups in total. The van der Waals surface area contributed by atoms with Crippen LogP contribution in [0.2, 0.25) is 0 Å². The SMILES string of the molecule is CCc1ccc(/C(C)=N\NC(=O)c2ccc(N(C)C)cc2)cc1. The minimum Gasteiger partial charge on any atom is -0.378 e. The van der Waals surface area contributed by atoms with Crippen molar-refractivity contribution < 1.29 is 4.79 Å². The Kier molecular flexibility index (Phi) is 5.52. The van der Waals surface area contributed by atoms with Crippen LogP contribution in [0.15, 0.2) is 53.6 Å². The molecule has 120 valence electrons. The lowest BCUT2D eigenvalue weighted by atomic mass is 10.1. The highest BCUT2D eigenvalue weighted by Gasteiger charge is 2.05. The highest BCUT2D eigenvalue weighted by Crippen LogP contribution is 2.12. The molecule has 4 heteroatoms. The van der Waals surface area contributed by atoms with Crippen LogP contribution in [0, 0.1) is 0 Å². The first kappa shape index (κ1) is 16.7. The molecule has 0 aliphatic heterocycles. The van der Waals surface area contributed by atoms with Crippen LogP contribution in [0.3, 0.4) is 0 Å². The summed E-state index contributed by atoms with van der Waals surface area (Å²) < 4.78 is 0. The summed E-state index contributed by atoms with van der Waals surface area (Å²) in [5.41, 5.74) is 7.33. The molecule has 0 aliphatic carbocycles. The van der Waals surface area contributed by atoms with E-state index in [-0.39, 0.29) is 5.91 Å². The smallest absolute Gasteiger partial charge is 0.271 e. The fraction of sp³-hybridized carbons (Fsp3) is 0.263. The molecule has 0 saturated heterocycles. The Balaban J connectivity index is 2.04. The van der Waals surface area contributed by atoms with Crippen LogP contribution < -0.4 is 10.3 Å². The molecular formula is C19H23N3O. The number of nitrogens with one attached hydrogen (secondary N) is 1. The second-order valence-electron chi connectivity index (χ2n) is 5.63. The van der Waals surface area contributed by atoms with Crippen LogP contribution in [-0.2, 0) is 6.42 Å². The normalized spacial score (nSPS) is 11.2. The molecule has 0 radical (unpaired) electrons. The maximum absolute atomic E-state index is 12.1. The molecule has 0 heterocycles. The van der Waals surface area contributed by atoms with Gasteiger partial charge < -0.3 is 4.90 Å². The molecule has 0 saturated carbocycles. The first-order valence-corrected chi connectivity index (χ1v) is 7.72. The topological polar surface area (TPSA) is 44.7 Å². The van der Waals surface area contributed by atoms with E-state index in [0.717, 1.165) is 23.4 Å². The molecule has 0 unspecified atom stereocenters. The number of hydrazone groups is 1. The Labute approximate surface area is 137 Å². The van der Waals surface area contributed by atoms with Gasteiger partial charge in [0.2, 0.25) is 0 Å². The van der Waals surface area contributed by atoms with Crippen LogP contribution in [-0.4, -0.2) is 25.7 Å². The standard InChI is InChI=1S/C19H23N3O/c1-5-15-6-8-16(9-7-15)14(2)20-21-19(23)17-10-12-18(13-11-17)22(3)4/h6-13H,5H2,1-4H3,(H,21,23)/b20-14-. The van der Waals surface area contributed by atoms with E-state index in [9.17, 15) is 4.79 Å². The summed E-state index contributed by atoms with van der Waals surface area (Å²) in [6.07, 6.45) is 1.01. The van der Waals surface area contributed by atoms with Gasteiger partial charge in [0.15, 0.2) is 0 Å². The molecule has 2 aromatic carbocycles. The maximum atomic E-state index is 12.1. The number of carbonyl (C=O) groups is 1. The van der Waals surface area contributed by atoms with Crippen molar-refractivity contribution >= 4 is 17.3 Å². The lowest BCUT2D eigenvalue weighted by Crippen LogP contribution is -2.19. The lowest BCUT2D eigenvalue weighted by Gasteiger charge is -2.12. The number of aryl methyl sites for hydroxylation is 1. The number of hydrogen-bond donors (Lipinski definition) is 1. The third-order valence-electron chi connectivity index (χ3n) is 3.75. The largest absolute Gasteiger partial charge is 0.378 e. The monoisotopic (exact) mass is 309 g/mol. The number of carbonyl (C=O) groups excluding carboxylic acids is 1. The molecule has 0 aromatic heterocycles. The minimum atomic E-state index is -0.208. The van der Waals surface area contributed by atoms with E-state index in [1.54, 1.807) is 12.1 Å². The van der Waals surface area contributed by atoms with Gasteiger partial charge in [0.25, 0.3) is 5.91 Å². The Morgan fingerprint density at radius 2 is 1.57 bits per heavy atom. The molecule has 2 rings (SSSR count). The van der Waals surface area contributed by atoms with Crippen molar-refractivity contribution in [1.82, 2.24) is 5.43 Å². The highest BCUT2D eigenvalue weighted by atomic mass is 16.2. The van der Waals surface area contributed by atoms with Gasteiger partial charge in [-0.25, -0.2) is 5.43 Å². The first-order chi connectivity index (χ1) is 11.0. The van der Waals surface area contributed by atoms with Gasteiger partial charge >= 0.3 is 0 Å². The zero-order valence-electron chi connectivity index (χ0n) is 14.1. The van der Waals surface area contributed by atoms with Gasteiger partial charge in [-0.2, -0.15) is 5.10 Å². The van der Waals surface area contributed by atoms with Crippen LogP contribution >= 0.6 is 0 Å². The molecule has 23 heavy (non-hydrogen) atoms. The van der Waals surface area contributed by atoms with Crippen molar-refractivity contribution in [2.45, 2.75) is 20.3 Å². The van der Waals surface area contributed by atoms with Gasteiger partial charge in [-0.05, 0) is 48.7 Å². The average molecular weight is 309 g/mol. The Bertz CT molecular complexity index is 686. The summed E-state index contributed by atoms with van der Waals surface area (Å²) in [6.45, 7) is 4.01. The van der Waals surface area contributed by atoms with E-state index in [0.29, 0.717) is 5.56 Å². The zero-order chi connectivity index (χ0) is 16.8. The maximum Gasteiger partial charge on any atom is 0.271 e. The van der Waals surface area contributed by atoms with Crippen LogP contribution in [0.25, 0.3) is 0 Å². The summed E-state index contributed by atoms with van der Waals surface area (Å²) in [5.74, 6) is -0.208. The number of rotatable bonds is 5. The van der Waals surface area contributed by atoms with Crippen molar-refractivity contribution in [3.63, 3.8) is 0 Å². The fourth-order valence-electron chi connectivity index (χ4n) is 2.16. The van der Waals surface area contributed by atoms with Crippen molar-refractivity contribution in [1.29, 1.82) is 0 Å². The van der Waals surface area contributed by atoms with Crippen molar-refractivity contribution in [2.24, 2.45) is 5.10 Å². The molecule has 0 aliphatic rings. The summed E-state index contributed by atoms with van der Waals surface area (Å²) >= 11 is 0. The van der Waals surface area contributed by atoms with Gasteiger partial charge in [0.1, 0.15) is 0 Å². The number of benzene rings is 2. The summed E-state index contributed by atoms with van der Waals surface area (Å²) in [4.78, 5) is 14.1. The molecule has 0 spiro atoms. The predicted octanol–water partition coefficient (Wildman–Crippen LogP) is 3.47. The third kappa shape index (κ3) is 4.42. The van der Waals surface area contributed by atoms with E-state index in [2.05, 4.69) is 29.6 Å². The quantitative estimate of drug-likeness (QED) is 0.679. The van der Waals surface area contributed by atoms with Gasteiger partial charge in [0, 0.05) is 25.3 Å². The Morgan fingerprint density at radius 3 is 2.09 bits per heavy atom. The molecule has 4 nitrogen and oxygen atoms in total. The van der Waals surface area contributed by atoms with E-state index in [4.69, 9.17) is 0 Å². The number of hydrogen-bond acceptors (Lipinski definition) is 3. The van der Waals surface area contributed by atoms with E-state index in [1.165, 1.54) is 5.56 Å². The first-order valence-electron chi connectivity index (χ1n) is 7.72. The lowest BCUT2D eigenvalue weighted by molar-refractivity contribution is 0.0955. The molecular weight excluding hydrogens is 286 g/mol. The van der Waals surface area contributed by atoms with Gasteiger partial charge in [0.05, 0.1) is 5.71 Å². The third-order valence-corrected chi connectivity index (χ3v) is 3.75. The molecule has 0 atom stereocenters. The van der Waals surface area contributed by atoms with Crippen molar-refractivity contribution in [2.75, 3.05) is 19.0 Å². The summed E-state index contributed by atoms with van der Waals surface area (Å²) in [5, 5.41) is 4.19. The zero-order valence-corrected chi connectivity index (χ0v) is 14.1. The van der Waals surface area contributed by atoms with E-state index in [1.807, 2.05) is 50.2 Å². The molecule has 0 bridgehead atoms. The molecule has 1 amide bonds. The highest BCUT2D eigenvalue weighted by molar-refractivity contribution is 6.00. The Hall–Kier alpha value is -2.62. The summed E-state index contributed by atoms with van der Waals surface area (Å²) in [6, 6.07) is 15.6. The molecule has 0 fully saturated rings. The predicted molar refractivity (Wildman–Crippen MR) is 96.3 cm³/mol. The van der Waals surface area contributed by atoms with Crippen LogP contribution in [0.4, 0.5) is 5.69 Å². The fourth-order valence-corrected chi connectivity index (χ4v) is 2.16. The van der Waals surface area contributed by atoms with E-state index >= 15 is 0 Å². The average Bonchev–Trinajstić information content (AvgIpc) is 2.59. The van der Waals surface area contributed by atoms with E-state index < -0.39 is 0 Å². The van der Waals surface area contributed by atoms with Crippen LogP contribution in [0.1, 0.15) is 35.3 Å². The molecule has 2 aromatic rings. The number of amides is 1.